The second-order valence-corrected chi connectivity index (χ2v) is 7.76. The van der Waals surface area contributed by atoms with Crippen LogP contribution in [0.3, 0.4) is 0 Å². The Labute approximate surface area is 189 Å². The van der Waals surface area contributed by atoms with Gasteiger partial charge < -0.3 is 15.0 Å². The molecule has 1 N–H and O–H groups in total. The van der Waals surface area contributed by atoms with Crippen LogP contribution in [0.2, 0.25) is 0 Å². The van der Waals surface area contributed by atoms with E-state index in [-0.39, 0.29) is 23.9 Å². The first-order valence-electron chi connectivity index (χ1n) is 10.4. The van der Waals surface area contributed by atoms with Gasteiger partial charge in [-0.2, -0.15) is 13.2 Å². The number of nitro benzene ring substituents is 1. The Morgan fingerprint density at radius 2 is 1.82 bits per heavy atom. The normalized spacial score (nSPS) is 15.7. The lowest BCUT2D eigenvalue weighted by Crippen LogP contribution is -2.52. The number of anilines is 1. The molecule has 1 amide bonds. The van der Waals surface area contributed by atoms with Gasteiger partial charge in [-0.1, -0.05) is 18.2 Å². The smallest absolute Gasteiger partial charge is 0.422 e. The van der Waals surface area contributed by atoms with Crippen molar-refractivity contribution in [2.24, 2.45) is 0 Å². The van der Waals surface area contributed by atoms with E-state index in [9.17, 15) is 28.1 Å². The standard InChI is InChI=1S/C22H25F3N4O4/c1-16(27-9-11-28(12-10-27)17-5-3-2-4-6-17)14-26-21(30)19-13-18(33-15-22(23,24)25)7-8-20(19)29(31)32/h2-8,13,16H,9-12,14-15H2,1H3,(H,26,30). The summed E-state index contributed by atoms with van der Waals surface area (Å²) in [7, 11) is 0. The average Bonchev–Trinajstić information content (AvgIpc) is 2.81. The Balaban J connectivity index is 1.57. The van der Waals surface area contributed by atoms with Crippen LogP contribution in [0.4, 0.5) is 24.5 Å². The lowest BCUT2D eigenvalue weighted by Gasteiger charge is -2.39. The van der Waals surface area contributed by atoms with E-state index < -0.39 is 29.3 Å². The van der Waals surface area contributed by atoms with Crippen molar-refractivity contribution in [3.63, 3.8) is 0 Å². The van der Waals surface area contributed by atoms with Gasteiger partial charge in [-0.05, 0) is 31.2 Å². The number of para-hydroxylation sites is 1. The van der Waals surface area contributed by atoms with Crippen LogP contribution in [-0.4, -0.2) is 67.3 Å². The summed E-state index contributed by atoms with van der Waals surface area (Å²) >= 11 is 0. The summed E-state index contributed by atoms with van der Waals surface area (Å²) in [5, 5.41) is 13.9. The number of carbonyl (C=O) groups is 1. The van der Waals surface area contributed by atoms with Crippen LogP contribution in [-0.2, 0) is 0 Å². The molecule has 1 atom stereocenters. The first-order chi connectivity index (χ1) is 15.6. The Bertz CT molecular complexity index is 964. The number of halogens is 3. The summed E-state index contributed by atoms with van der Waals surface area (Å²) in [5.74, 6) is -1.01. The number of nitrogens with one attached hydrogen (secondary N) is 1. The van der Waals surface area contributed by atoms with Crippen LogP contribution in [0.25, 0.3) is 0 Å². The Morgan fingerprint density at radius 3 is 2.42 bits per heavy atom. The van der Waals surface area contributed by atoms with Crippen molar-refractivity contribution in [1.29, 1.82) is 0 Å². The number of hydrogen-bond donors (Lipinski definition) is 1. The summed E-state index contributed by atoms with van der Waals surface area (Å²) in [5.41, 5.74) is 0.301. The van der Waals surface area contributed by atoms with Crippen molar-refractivity contribution in [2.75, 3.05) is 44.2 Å². The van der Waals surface area contributed by atoms with Gasteiger partial charge in [-0.3, -0.25) is 19.8 Å². The number of amides is 1. The fourth-order valence-corrected chi connectivity index (χ4v) is 3.64. The zero-order valence-electron chi connectivity index (χ0n) is 18.0. The molecule has 0 spiro atoms. The molecular formula is C22H25F3N4O4. The zero-order valence-corrected chi connectivity index (χ0v) is 18.0. The van der Waals surface area contributed by atoms with Gasteiger partial charge in [0.05, 0.1) is 4.92 Å². The molecule has 1 aliphatic rings. The van der Waals surface area contributed by atoms with Crippen molar-refractivity contribution < 1.29 is 27.6 Å². The van der Waals surface area contributed by atoms with Gasteiger partial charge in [0.1, 0.15) is 11.3 Å². The summed E-state index contributed by atoms with van der Waals surface area (Å²) in [4.78, 5) is 27.6. The van der Waals surface area contributed by atoms with E-state index in [2.05, 4.69) is 32.0 Å². The number of piperazine rings is 1. The highest BCUT2D eigenvalue weighted by Gasteiger charge is 2.29. The molecule has 1 heterocycles. The van der Waals surface area contributed by atoms with Gasteiger partial charge >= 0.3 is 6.18 Å². The average molecular weight is 466 g/mol. The first kappa shape index (κ1) is 24.3. The van der Waals surface area contributed by atoms with Crippen LogP contribution in [0.15, 0.2) is 48.5 Å². The third kappa shape index (κ3) is 6.82. The number of hydrogen-bond acceptors (Lipinski definition) is 6. The van der Waals surface area contributed by atoms with E-state index in [1.54, 1.807) is 0 Å². The van der Waals surface area contributed by atoms with E-state index >= 15 is 0 Å². The van der Waals surface area contributed by atoms with Gasteiger partial charge in [0.15, 0.2) is 6.61 Å². The molecule has 11 heteroatoms. The molecular weight excluding hydrogens is 441 g/mol. The molecule has 0 bridgehead atoms. The molecule has 0 saturated carbocycles. The molecule has 2 aromatic rings. The SMILES string of the molecule is CC(CNC(=O)c1cc(OCC(F)(F)F)ccc1[N+](=O)[O-])N1CCN(c2ccccc2)CC1. The van der Waals surface area contributed by atoms with E-state index in [0.717, 1.165) is 50.1 Å². The van der Waals surface area contributed by atoms with Crippen molar-refractivity contribution in [3.8, 4) is 5.75 Å². The van der Waals surface area contributed by atoms with E-state index in [0.29, 0.717) is 0 Å². The molecule has 8 nitrogen and oxygen atoms in total. The number of benzene rings is 2. The van der Waals surface area contributed by atoms with Gasteiger partial charge in [-0.25, -0.2) is 0 Å². The number of rotatable bonds is 8. The minimum Gasteiger partial charge on any atom is -0.484 e. The number of nitro groups is 1. The number of alkyl halides is 3. The Kier molecular flexibility index (Phi) is 7.75. The molecule has 3 rings (SSSR count). The van der Waals surface area contributed by atoms with E-state index in [1.807, 2.05) is 25.1 Å². The quantitative estimate of drug-likeness (QED) is 0.474. The fraction of sp³-hybridized carbons (Fsp3) is 0.409. The van der Waals surface area contributed by atoms with E-state index in [4.69, 9.17) is 0 Å². The van der Waals surface area contributed by atoms with Gasteiger partial charge in [0, 0.05) is 50.5 Å². The van der Waals surface area contributed by atoms with Crippen LogP contribution >= 0.6 is 0 Å². The van der Waals surface area contributed by atoms with Crippen molar-refractivity contribution in [1.82, 2.24) is 10.2 Å². The topological polar surface area (TPSA) is 87.9 Å². The number of nitrogens with zero attached hydrogens (tertiary/aromatic N) is 3. The number of carbonyl (C=O) groups excluding carboxylic acids is 1. The maximum atomic E-state index is 12.6. The lowest BCUT2D eigenvalue weighted by atomic mass is 10.1. The summed E-state index contributed by atoms with van der Waals surface area (Å²) < 4.78 is 41.8. The predicted octanol–water partition coefficient (Wildman–Crippen LogP) is 3.48. The molecule has 0 aliphatic carbocycles. The van der Waals surface area contributed by atoms with Crippen LogP contribution in [0, 0.1) is 10.1 Å². The van der Waals surface area contributed by atoms with Gasteiger partial charge in [0.2, 0.25) is 0 Å². The number of ether oxygens (including phenoxy) is 1. The fourth-order valence-electron chi connectivity index (χ4n) is 3.64. The second-order valence-electron chi connectivity index (χ2n) is 7.76. The highest BCUT2D eigenvalue weighted by atomic mass is 19.4. The third-order valence-corrected chi connectivity index (χ3v) is 5.43. The molecule has 1 fully saturated rings. The third-order valence-electron chi connectivity index (χ3n) is 5.43. The first-order valence-corrected chi connectivity index (χ1v) is 10.4. The summed E-state index contributed by atoms with van der Waals surface area (Å²) in [6, 6.07) is 13.0. The summed E-state index contributed by atoms with van der Waals surface area (Å²) in [6.45, 7) is 3.83. The molecule has 1 unspecified atom stereocenters. The maximum Gasteiger partial charge on any atom is 0.422 e. The minimum absolute atomic E-state index is 0.0319. The highest BCUT2D eigenvalue weighted by molar-refractivity contribution is 5.98. The zero-order chi connectivity index (χ0) is 24.0. The molecule has 2 aromatic carbocycles. The van der Waals surface area contributed by atoms with Gasteiger partial charge in [-0.15, -0.1) is 0 Å². The van der Waals surface area contributed by atoms with Crippen LogP contribution in [0.5, 0.6) is 5.75 Å². The Hall–Kier alpha value is -3.34. The minimum atomic E-state index is -4.57. The molecule has 0 aromatic heterocycles. The van der Waals surface area contributed by atoms with Gasteiger partial charge in [0.25, 0.3) is 11.6 Å². The summed E-state index contributed by atoms with van der Waals surface area (Å²) in [6.07, 6.45) is -4.57. The van der Waals surface area contributed by atoms with Crippen molar-refractivity contribution in [3.05, 3.63) is 64.2 Å². The molecule has 0 radical (unpaired) electrons. The molecule has 1 aliphatic heterocycles. The lowest BCUT2D eigenvalue weighted by molar-refractivity contribution is -0.385. The van der Waals surface area contributed by atoms with Crippen LogP contribution < -0.4 is 15.0 Å². The predicted molar refractivity (Wildman–Crippen MR) is 117 cm³/mol. The van der Waals surface area contributed by atoms with E-state index in [1.165, 1.54) is 0 Å². The maximum absolute atomic E-state index is 12.6. The largest absolute Gasteiger partial charge is 0.484 e. The molecule has 1 saturated heterocycles. The molecule has 33 heavy (non-hydrogen) atoms. The molecule has 178 valence electrons. The second kappa shape index (κ2) is 10.5. The van der Waals surface area contributed by atoms with Crippen LogP contribution in [0.1, 0.15) is 17.3 Å². The Morgan fingerprint density at radius 1 is 1.15 bits per heavy atom. The highest BCUT2D eigenvalue weighted by Crippen LogP contribution is 2.26. The van der Waals surface area contributed by atoms with Crippen molar-refractivity contribution in [2.45, 2.75) is 19.1 Å². The monoisotopic (exact) mass is 466 g/mol. The van der Waals surface area contributed by atoms with Crippen molar-refractivity contribution >= 4 is 17.3 Å².